The standard InChI is InChI=1S/C12H14Cl2N2O3S/c1-6-3-9(13)8(11(14)15-6)4-20-5-10(12(18)19)16-7(2)17/h3,10H,4-5H2,1-2H3,(H,16,17)(H,18,19)/t10-/m0/s1. The summed E-state index contributed by atoms with van der Waals surface area (Å²) >= 11 is 13.4. The third-order valence-electron chi connectivity index (χ3n) is 2.35. The van der Waals surface area contributed by atoms with Crippen molar-refractivity contribution in [2.75, 3.05) is 5.75 Å². The molecule has 0 saturated heterocycles. The Hall–Kier alpha value is -0.980. The molecule has 0 unspecified atom stereocenters. The second kappa shape index (κ2) is 7.71. The Labute approximate surface area is 131 Å². The number of rotatable bonds is 6. The fourth-order valence-electron chi connectivity index (χ4n) is 1.45. The second-order valence-corrected chi connectivity index (χ2v) is 5.92. The number of carboxylic acid groups (broad SMARTS) is 1. The highest BCUT2D eigenvalue weighted by Crippen LogP contribution is 2.28. The van der Waals surface area contributed by atoms with Gasteiger partial charge in [-0.3, -0.25) is 4.79 Å². The summed E-state index contributed by atoms with van der Waals surface area (Å²) in [6, 6.07) is 0.764. The molecule has 1 aromatic rings. The zero-order valence-corrected chi connectivity index (χ0v) is 13.3. The van der Waals surface area contributed by atoms with Crippen LogP contribution in [0.5, 0.6) is 0 Å². The van der Waals surface area contributed by atoms with Crippen LogP contribution in [-0.4, -0.2) is 33.8 Å². The topological polar surface area (TPSA) is 79.3 Å². The van der Waals surface area contributed by atoms with Gasteiger partial charge in [-0.15, -0.1) is 0 Å². The Bertz CT molecular complexity index is 502. The lowest BCUT2D eigenvalue weighted by Gasteiger charge is -2.13. The summed E-state index contributed by atoms with van der Waals surface area (Å²) in [5, 5.41) is 12.2. The minimum absolute atomic E-state index is 0.218. The molecule has 1 amide bonds. The maximum absolute atomic E-state index is 11.0. The van der Waals surface area contributed by atoms with Crippen LogP contribution in [0.4, 0.5) is 0 Å². The lowest BCUT2D eigenvalue weighted by Crippen LogP contribution is -2.41. The average molecular weight is 337 g/mol. The summed E-state index contributed by atoms with van der Waals surface area (Å²) in [5.74, 6) is -0.818. The van der Waals surface area contributed by atoms with Crippen LogP contribution in [0.25, 0.3) is 0 Å². The molecule has 0 aromatic carbocycles. The third-order valence-corrected chi connectivity index (χ3v) is 4.07. The lowest BCUT2D eigenvalue weighted by atomic mass is 10.3. The number of halogens is 2. The van der Waals surface area contributed by atoms with E-state index in [4.69, 9.17) is 28.3 Å². The van der Waals surface area contributed by atoms with E-state index < -0.39 is 12.0 Å². The average Bonchev–Trinajstić information content (AvgIpc) is 2.30. The molecule has 2 N–H and O–H groups in total. The first-order chi connectivity index (χ1) is 9.31. The Kier molecular flexibility index (Phi) is 6.58. The smallest absolute Gasteiger partial charge is 0.327 e. The van der Waals surface area contributed by atoms with Gasteiger partial charge in [-0.05, 0) is 13.0 Å². The van der Waals surface area contributed by atoms with Crippen LogP contribution in [0.3, 0.4) is 0 Å². The largest absolute Gasteiger partial charge is 0.480 e. The van der Waals surface area contributed by atoms with Crippen molar-refractivity contribution < 1.29 is 14.7 Å². The van der Waals surface area contributed by atoms with Crippen LogP contribution in [0.15, 0.2) is 6.07 Å². The van der Waals surface area contributed by atoms with Gasteiger partial charge in [0, 0.05) is 34.7 Å². The predicted octanol–water partition coefficient (Wildman–Crippen LogP) is 2.52. The van der Waals surface area contributed by atoms with E-state index in [0.29, 0.717) is 21.5 Å². The number of aryl methyl sites for hydroxylation is 1. The van der Waals surface area contributed by atoms with Crippen LogP contribution < -0.4 is 5.32 Å². The molecule has 1 aromatic heterocycles. The molecule has 1 heterocycles. The minimum atomic E-state index is -1.08. The molecule has 0 aliphatic heterocycles. The summed E-state index contributed by atoms with van der Waals surface area (Å²) in [6.07, 6.45) is 0. The van der Waals surface area contributed by atoms with Crippen LogP contribution in [0.2, 0.25) is 10.2 Å². The molecular formula is C12H14Cl2N2O3S. The van der Waals surface area contributed by atoms with Crippen molar-refractivity contribution in [1.29, 1.82) is 0 Å². The number of nitrogens with one attached hydrogen (secondary N) is 1. The van der Waals surface area contributed by atoms with E-state index in [1.807, 2.05) is 0 Å². The van der Waals surface area contributed by atoms with Crippen molar-refractivity contribution in [3.63, 3.8) is 0 Å². The Morgan fingerprint density at radius 1 is 1.50 bits per heavy atom. The van der Waals surface area contributed by atoms with Gasteiger partial charge < -0.3 is 10.4 Å². The quantitative estimate of drug-likeness (QED) is 0.780. The van der Waals surface area contributed by atoms with Gasteiger partial charge in [0.15, 0.2) is 0 Å². The van der Waals surface area contributed by atoms with E-state index >= 15 is 0 Å². The molecule has 0 radical (unpaired) electrons. The van der Waals surface area contributed by atoms with Gasteiger partial charge in [0.05, 0.1) is 0 Å². The first kappa shape index (κ1) is 17.1. The molecule has 20 heavy (non-hydrogen) atoms. The zero-order valence-electron chi connectivity index (χ0n) is 10.9. The van der Waals surface area contributed by atoms with Crippen molar-refractivity contribution in [1.82, 2.24) is 10.3 Å². The van der Waals surface area contributed by atoms with Crippen LogP contribution in [0, 0.1) is 6.92 Å². The summed E-state index contributed by atoms with van der Waals surface area (Å²) in [4.78, 5) is 26.0. The minimum Gasteiger partial charge on any atom is -0.480 e. The fourth-order valence-corrected chi connectivity index (χ4v) is 3.35. The predicted molar refractivity (Wildman–Crippen MR) is 80.4 cm³/mol. The molecule has 0 bridgehead atoms. The summed E-state index contributed by atoms with van der Waals surface area (Å²) in [7, 11) is 0. The summed E-state index contributed by atoms with van der Waals surface area (Å²) in [5.41, 5.74) is 1.38. The molecule has 8 heteroatoms. The summed E-state index contributed by atoms with van der Waals surface area (Å²) in [6.45, 7) is 3.06. The molecule has 0 aliphatic carbocycles. The number of carbonyl (C=O) groups is 2. The Morgan fingerprint density at radius 3 is 2.65 bits per heavy atom. The van der Waals surface area contributed by atoms with Crippen molar-refractivity contribution in [2.45, 2.75) is 25.6 Å². The maximum atomic E-state index is 11.0. The highest BCUT2D eigenvalue weighted by Gasteiger charge is 2.19. The molecule has 1 atom stereocenters. The number of amides is 1. The van der Waals surface area contributed by atoms with Gasteiger partial charge in [-0.25, -0.2) is 9.78 Å². The Morgan fingerprint density at radius 2 is 2.15 bits per heavy atom. The van der Waals surface area contributed by atoms with E-state index in [1.165, 1.54) is 18.7 Å². The molecule has 5 nitrogen and oxygen atoms in total. The van der Waals surface area contributed by atoms with E-state index in [1.54, 1.807) is 13.0 Å². The SMILES string of the molecule is CC(=O)N[C@@H](CSCc1c(Cl)cc(C)nc1Cl)C(=O)O. The number of aromatic nitrogens is 1. The van der Waals surface area contributed by atoms with Gasteiger partial charge in [0.1, 0.15) is 11.2 Å². The first-order valence-corrected chi connectivity index (χ1v) is 7.61. The van der Waals surface area contributed by atoms with Crippen molar-refractivity contribution in [3.05, 3.63) is 27.5 Å². The first-order valence-electron chi connectivity index (χ1n) is 5.70. The number of hydrogen-bond acceptors (Lipinski definition) is 4. The van der Waals surface area contributed by atoms with Gasteiger partial charge in [-0.1, -0.05) is 23.2 Å². The number of carbonyl (C=O) groups excluding carboxylic acids is 1. The van der Waals surface area contributed by atoms with Crippen molar-refractivity contribution >= 4 is 46.8 Å². The van der Waals surface area contributed by atoms with E-state index in [0.717, 1.165) is 5.69 Å². The number of nitrogens with zero attached hydrogens (tertiary/aromatic N) is 1. The zero-order chi connectivity index (χ0) is 15.3. The van der Waals surface area contributed by atoms with Gasteiger partial charge in [-0.2, -0.15) is 11.8 Å². The molecule has 1 rings (SSSR count). The van der Waals surface area contributed by atoms with Crippen LogP contribution >= 0.6 is 35.0 Å². The normalized spacial score (nSPS) is 12.0. The highest BCUT2D eigenvalue weighted by atomic mass is 35.5. The molecular weight excluding hydrogens is 323 g/mol. The third kappa shape index (κ3) is 5.19. The number of thioether (sulfide) groups is 1. The monoisotopic (exact) mass is 336 g/mol. The number of pyridine rings is 1. The van der Waals surface area contributed by atoms with Crippen LogP contribution in [-0.2, 0) is 15.3 Å². The molecule has 0 spiro atoms. The lowest BCUT2D eigenvalue weighted by molar-refractivity contribution is -0.140. The number of carboxylic acids is 1. The maximum Gasteiger partial charge on any atom is 0.327 e. The van der Waals surface area contributed by atoms with Gasteiger partial charge in [0.25, 0.3) is 0 Å². The molecule has 0 aliphatic rings. The molecule has 0 fully saturated rings. The van der Waals surface area contributed by atoms with Gasteiger partial charge >= 0.3 is 5.97 Å². The second-order valence-electron chi connectivity index (χ2n) is 4.12. The van der Waals surface area contributed by atoms with Crippen LogP contribution in [0.1, 0.15) is 18.2 Å². The van der Waals surface area contributed by atoms with E-state index in [2.05, 4.69) is 10.3 Å². The highest BCUT2D eigenvalue weighted by molar-refractivity contribution is 7.98. The number of hydrogen-bond donors (Lipinski definition) is 2. The fraction of sp³-hybridized carbons (Fsp3) is 0.417. The van der Waals surface area contributed by atoms with E-state index in [-0.39, 0.29) is 11.7 Å². The molecule has 110 valence electrons. The van der Waals surface area contributed by atoms with Gasteiger partial charge in [0.2, 0.25) is 5.91 Å². The van der Waals surface area contributed by atoms with E-state index in [9.17, 15) is 9.59 Å². The number of aliphatic carboxylic acids is 1. The van der Waals surface area contributed by atoms with Crippen molar-refractivity contribution in [3.8, 4) is 0 Å². The summed E-state index contributed by atoms with van der Waals surface area (Å²) < 4.78 is 0. The van der Waals surface area contributed by atoms with Crippen molar-refractivity contribution in [2.24, 2.45) is 0 Å². The molecule has 0 saturated carbocycles. The Balaban J connectivity index is 2.63.